The number of para-hydroxylation sites is 1. The van der Waals surface area contributed by atoms with Gasteiger partial charge in [0.05, 0.1) is 23.4 Å². The number of nitrogens with one attached hydrogen (secondary N) is 1. The van der Waals surface area contributed by atoms with E-state index < -0.39 is 11.7 Å². The highest BCUT2D eigenvalue weighted by Crippen LogP contribution is 2.46. The number of carbonyl (C=O) groups is 1. The van der Waals surface area contributed by atoms with Crippen molar-refractivity contribution in [1.29, 1.82) is 5.26 Å². The van der Waals surface area contributed by atoms with Crippen molar-refractivity contribution >= 4 is 23.4 Å². The predicted octanol–water partition coefficient (Wildman–Crippen LogP) is 4.68. The fourth-order valence-electron chi connectivity index (χ4n) is 2.95. The van der Waals surface area contributed by atoms with Gasteiger partial charge in [0.25, 0.3) is 0 Å². The third-order valence-corrected chi connectivity index (χ3v) is 4.35. The number of cyclic esters (lactones) is 1. The molecule has 0 unspecified atom stereocenters. The molecule has 0 fully saturated rings. The molecule has 1 aliphatic rings. The predicted molar refractivity (Wildman–Crippen MR) is 91.3 cm³/mol. The number of carbonyl (C=O) groups excluding carboxylic acids is 1. The first-order chi connectivity index (χ1) is 11.4. The van der Waals surface area contributed by atoms with Crippen LogP contribution in [0.25, 0.3) is 11.1 Å². The maximum Gasteiger partial charge on any atom is 0.412 e. The summed E-state index contributed by atoms with van der Waals surface area (Å²) in [7, 11) is 1.51. The fourth-order valence-corrected chi connectivity index (χ4v) is 3.45. The van der Waals surface area contributed by atoms with Crippen molar-refractivity contribution in [1.82, 2.24) is 0 Å². The van der Waals surface area contributed by atoms with E-state index in [1.165, 1.54) is 7.11 Å². The van der Waals surface area contributed by atoms with E-state index in [0.29, 0.717) is 38.7 Å². The van der Waals surface area contributed by atoms with Crippen LogP contribution in [0.3, 0.4) is 0 Å². The molecule has 3 rings (SSSR count). The van der Waals surface area contributed by atoms with Gasteiger partial charge in [-0.1, -0.05) is 29.8 Å². The summed E-state index contributed by atoms with van der Waals surface area (Å²) in [5.74, 6) is 0.459. The number of fused-ring (bicyclic) bond motifs is 1. The average Bonchev–Trinajstić information content (AvgIpc) is 2.52. The third kappa shape index (κ3) is 2.45. The molecule has 5 nitrogen and oxygen atoms in total. The maximum absolute atomic E-state index is 11.7. The van der Waals surface area contributed by atoms with E-state index in [2.05, 4.69) is 11.4 Å². The van der Waals surface area contributed by atoms with Crippen molar-refractivity contribution in [3.05, 3.63) is 46.5 Å². The number of amides is 1. The maximum atomic E-state index is 11.7. The Balaban J connectivity index is 2.27. The lowest BCUT2D eigenvalue weighted by molar-refractivity contribution is 0.0422. The number of ether oxygens (including phenoxy) is 2. The first kappa shape index (κ1) is 16.2. The van der Waals surface area contributed by atoms with Gasteiger partial charge in [0.15, 0.2) is 0 Å². The zero-order valence-electron chi connectivity index (χ0n) is 13.4. The van der Waals surface area contributed by atoms with Gasteiger partial charge in [-0.05, 0) is 26.0 Å². The molecule has 0 aliphatic carbocycles. The number of methoxy groups -OCH3 is 1. The van der Waals surface area contributed by atoms with Gasteiger partial charge >= 0.3 is 6.09 Å². The molecule has 1 amide bonds. The zero-order valence-corrected chi connectivity index (χ0v) is 14.2. The van der Waals surface area contributed by atoms with Gasteiger partial charge in [-0.15, -0.1) is 0 Å². The minimum atomic E-state index is -0.870. The highest BCUT2D eigenvalue weighted by Gasteiger charge is 2.36. The molecule has 0 radical (unpaired) electrons. The molecule has 2 aromatic rings. The van der Waals surface area contributed by atoms with E-state index in [9.17, 15) is 10.1 Å². The molecular formula is C18H15ClN2O3. The number of nitriles is 1. The minimum absolute atomic E-state index is 0.424. The number of rotatable bonds is 2. The van der Waals surface area contributed by atoms with Crippen LogP contribution in [0, 0.1) is 11.3 Å². The van der Waals surface area contributed by atoms with Crippen LogP contribution in [0.15, 0.2) is 30.3 Å². The third-order valence-electron chi connectivity index (χ3n) is 3.96. The summed E-state index contributed by atoms with van der Waals surface area (Å²) in [5, 5.41) is 12.4. The number of anilines is 1. The molecule has 6 heteroatoms. The Morgan fingerprint density at radius 3 is 2.67 bits per heavy atom. The van der Waals surface area contributed by atoms with E-state index >= 15 is 0 Å². The Hall–Kier alpha value is -2.71. The monoisotopic (exact) mass is 342 g/mol. The normalized spacial score (nSPS) is 14.9. The molecule has 0 saturated heterocycles. The van der Waals surface area contributed by atoms with Crippen LogP contribution in [0.1, 0.15) is 25.0 Å². The molecule has 1 N–H and O–H groups in total. The Kier molecular flexibility index (Phi) is 3.86. The van der Waals surface area contributed by atoms with Gasteiger partial charge in [-0.2, -0.15) is 5.26 Å². The van der Waals surface area contributed by atoms with Crippen LogP contribution in [-0.2, 0) is 10.3 Å². The van der Waals surface area contributed by atoms with E-state index in [1.54, 1.807) is 38.1 Å². The van der Waals surface area contributed by atoms with Crippen LogP contribution in [-0.4, -0.2) is 13.2 Å². The summed E-state index contributed by atoms with van der Waals surface area (Å²) in [5.41, 5.74) is 2.26. The minimum Gasteiger partial charge on any atom is -0.495 e. The van der Waals surface area contributed by atoms with Gasteiger partial charge in [0, 0.05) is 16.7 Å². The average molecular weight is 343 g/mol. The lowest BCUT2D eigenvalue weighted by atomic mass is 9.90. The summed E-state index contributed by atoms with van der Waals surface area (Å²) in [6, 6.07) is 11.0. The zero-order chi connectivity index (χ0) is 17.5. The highest BCUT2D eigenvalue weighted by atomic mass is 35.5. The van der Waals surface area contributed by atoms with Crippen LogP contribution in [0.5, 0.6) is 5.75 Å². The van der Waals surface area contributed by atoms with E-state index in [-0.39, 0.29) is 0 Å². The summed E-state index contributed by atoms with van der Waals surface area (Å²) in [6.45, 7) is 3.56. The lowest BCUT2D eigenvalue weighted by Gasteiger charge is -2.34. The van der Waals surface area contributed by atoms with Crippen LogP contribution >= 0.6 is 11.6 Å². The van der Waals surface area contributed by atoms with E-state index in [0.717, 1.165) is 0 Å². The van der Waals surface area contributed by atoms with Crippen LogP contribution in [0.4, 0.5) is 10.5 Å². The van der Waals surface area contributed by atoms with Crippen molar-refractivity contribution in [2.45, 2.75) is 19.4 Å². The highest BCUT2D eigenvalue weighted by molar-refractivity contribution is 6.35. The summed E-state index contributed by atoms with van der Waals surface area (Å²) < 4.78 is 10.8. The second kappa shape index (κ2) is 5.73. The Bertz CT molecular complexity index is 885. The largest absolute Gasteiger partial charge is 0.495 e. The second-order valence-corrected chi connectivity index (χ2v) is 6.25. The molecule has 0 aromatic heterocycles. The molecule has 1 heterocycles. The SMILES string of the molecule is COc1c(C#N)cccc1-c1ccc2c(c1Cl)C(C)(C)OC(=O)N2. The van der Waals surface area contributed by atoms with Crippen molar-refractivity contribution in [2.75, 3.05) is 12.4 Å². The molecule has 2 aromatic carbocycles. The Morgan fingerprint density at radius 2 is 2.00 bits per heavy atom. The van der Waals surface area contributed by atoms with Gasteiger partial charge in [0.2, 0.25) is 0 Å². The molecule has 1 aliphatic heterocycles. The molecular weight excluding hydrogens is 328 g/mol. The Morgan fingerprint density at radius 1 is 1.25 bits per heavy atom. The molecule has 24 heavy (non-hydrogen) atoms. The molecule has 0 atom stereocenters. The quantitative estimate of drug-likeness (QED) is 0.859. The van der Waals surface area contributed by atoms with Crippen molar-refractivity contribution in [3.63, 3.8) is 0 Å². The molecule has 0 bridgehead atoms. The molecule has 122 valence electrons. The van der Waals surface area contributed by atoms with Gasteiger partial charge in [-0.3, -0.25) is 5.32 Å². The number of hydrogen-bond acceptors (Lipinski definition) is 4. The molecule has 0 saturated carbocycles. The van der Waals surface area contributed by atoms with Crippen LogP contribution in [0.2, 0.25) is 5.02 Å². The lowest BCUT2D eigenvalue weighted by Crippen LogP contribution is -2.35. The van der Waals surface area contributed by atoms with Gasteiger partial charge in [0.1, 0.15) is 17.4 Å². The fraction of sp³-hybridized carbons (Fsp3) is 0.222. The summed E-state index contributed by atoms with van der Waals surface area (Å²) in [4.78, 5) is 11.7. The number of benzene rings is 2. The van der Waals surface area contributed by atoms with Crippen molar-refractivity contribution in [3.8, 4) is 22.9 Å². The Labute approximate surface area is 144 Å². The van der Waals surface area contributed by atoms with Gasteiger partial charge < -0.3 is 9.47 Å². The molecule has 0 spiro atoms. The van der Waals surface area contributed by atoms with E-state index in [1.807, 2.05) is 6.07 Å². The van der Waals surface area contributed by atoms with Crippen molar-refractivity contribution in [2.24, 2.45) is 0 Å². The number of hydrogen-bond donors (Lipinski definition) is 1. The van der Waals surface area contributed by atoms with Crippen molar-refractivity contribution < 1.29 is 14.3 Å². The smallest absolute Gasteiger partial charge is 0.412 e. The second-order valence-electron chi connectivity index (χ2n) is 5.87. The van der Waals surface area contributed by atoms with Gasteiger partial charge in [-0.25, -0.2) is 4.79 Å². The van der Waals surface area contributed by atoms with Crippen LogP contribution < -0.4 is 10.1 Å². The topological polar surface area (TPSA) is 71.3 Å². The number of halogens is 1. The first-order valence-electron chi connectivity index (χ1n) is 7.29. The summed E-state index contributed by atoms with van der Waals surface area (Å²) in [6.07, 6.45) is -0.514. The summed E-state index contributed by atoms with van der Waals surface area (Å²) >= 11 is 6.65. The standard InChI is InChI=1S/C18H15ClN2O3/c1-18(2)14-13(21-17(22)24-18)8-7-11(15(14)19)12-6-4-5-10(9-20)16(12)23-3/h4-8H,1-3H3,(H,21,22). The van der Waals surface area contributed by atoms with E-state index in [4.69, 9.17) is 21.1 Å². The number of nitrogens with zero attached hydrogens (tertiary/aromatic N) is 1. The first-order valence-corrected chi connectivity index (χ1v) is 7.67.